The van der Waals surface area contributed by atoms with Crippen LogP contribution in [0.3, 0.4) is 0 Å². The molecule has 0 bridgehead atoms. The summed E-state index contributed by atoms with van der Waals surface area (Å²) in [5.41, 5.74) is 5.22. The topological polar surface area (TPSA) is 67.8 Å². The van der Waals surface area contributed by atoms with Crippen molar-refractivity contribution in [2.45, 2.75) is 0 Å². The average Bonchev–Trinajstić information content (AvgIpc) is 2.14. The lowest BCUT2D eigenvalue weighted by Crippen LogP contribution is -2.20. The minimum absolute atomic E-state index is 0.0416. The quantitative estimate of drug-likeness (QED) is 0.367. The van der Waals surface area contributed by atoms with E-state index in [1.54, 1.807) is 12.1 Å². The van der Waals surface area contributed by atoms with Gasteiger partial charge in [0.25, 0.3) is 0 Å². The molecule has 4 nitrogen and oxygen atoms in total. The van der Waals surface area contributed by atoms with E-state index < -0.39 is 0 Å². The fraction of sp³-hybridized carbons (Fsp3) is 0.125. The zero-order valence-electron chi connectivity index (χ0n) is 6.77. The predicted molar refractivity (Wildman–Crippen MR) is 53.0 cm³/mol. The lowest BCUT2D eigenvalue weighted by Gasteiger charge is -2.04. The Balaban J connectivity index is 2.55. The molecular formula is C8H9BrN2O2. The Kier molecular flexibility index (Phi) is 3.57. The van der Waals surface area contributed by atoms with Crippen molar-refractivity contribution in [1.82, 2.24) is 0 Å². The molecule has 0 aromatic heterocycles. The molecule has 0 fully saturated rings. The second-order valence-electron chi connectivity index (χ2n) is 2.34. The van der Waals surface area contributed by atoms with Crippen molar-refractivity contribution in [1.29, 1.82) is 0 Å². The van der Waals surface area contributed by atoms with Crippen molar-refractivity contribution in [3.05, 3.63) is 28.7 Å². The van der Waals surface area contributed by atoms with E-state index in [0.29, 0.717) is 5.75 Å². The molecule has 0 aliphatic heterocycles. The van der Waals surface area contributed by atoms with Crippen molar-refractivity contribution in [2.75, 3.05) is 6.61 Å². The SMILES string of the molecule is N/C(COc1cccc(Br)c1)=N\O. The molecule has 0 unspecified atom stereocenters. The summed E-state index contributed by atoms with van der Waals surface area (Å²) >= 11 is 3.30. The number of hydrogen-bond acceptors (Lipinski definition) is 3. The van der Waals surface area contributed by atoms with Crippen LogP contribution in [0.5, 0.6) is 5.75 Å². The standard InChI is InChI=1S/C8H9BrN2O2/c9-6-2-1-3-7(4-6)13-5-8(10)11-12/h1-4,12H,5H2,(H2,10,11). The summed E-state index contributed by atoms with van der Waals surface area (Å²) in [5.74, 6) is 0.709. The van der Waals surface area contributed by atoms with Crippen LogP contribution in [0.25, 0.3) is 0 Å². The maximum Gasteiger partial charge on any atom is 0.177 e. The van der Waals surface area contributed by atoms with Gasteiger partial charge in [0, 0.05) is 4.47 Å². The van der Waals surface area contributed by atoms with Crippen molar-refractivity contribution in [3.63, 3.8) is 0 Å². The molecule has 0 atom stereocenters. The normalized spacial score (nSPS) is 11.3. The smallest absolute Gasteiger partial charge is 0.177 e. The van der Waals surface area contributed by atoms with E-state index >= 15 is 0 Å². The third-order valence-corrected chi connectivity index (χ3v) is 1.80. The van der Waals surface area contributed by atoms with Crippen molar-refractivity contribution in [3.8, 4) is 5.75 Å². The van der Waals surface area contributed by atoms with E-state index in [-0.39, 0.29) is 12.4 Å². The molecule has 0 amide bonds. The van der Waals surface area contributed by atoms with Gasteiger partial charge in [-0.05, 0) is 18.2 Å². The van der Waals surface area contributed by atoms with Gasteiger partial charge in [-0.2, -0.15) is 0 Å². The summed E-state index contributed by atoms with van der Waals surface area (Å²) in [7, 11) is 0. The lowest BCUT2D eigenvalue weighted by molar-refractivity contribution is 0.306. The number of nitrogens with two attached hydrogens (primary N) is 1. The minimum atomic E-state index is 0.0416. The first-order valence-electron chi connectivity index (χ1n) is 3.57. The van der Waals surface area contributed by atoms with Gasteiger partial charge >= 0.3 is 0 Å². The van der Waals surface area contributed by atoms with Crippen LogP contribution in [-0.2, 0) is 0 Å². The van der Waals surface area contributed by atoms with Crippen LogP contribution in [0.2, 0.25) is 0 Å². The highest BCUT2D eigenvalue weighted by Crippen LogP contribution is 2.17. The number of nitrogens with zero attached hydrogens (tertiary/aromatic N) is 1. The summed E-state index contributed by atoms with van der Waals surface area (Å²) < 4.78 is 6.11. The number of hydrogen-bond donors (Lipinski definition) is 2. The number of oxime groups is 1. The fourth-order valence-electron chi connectivity index (χ4n) is 0.743. The lowest BCUT2D eigenvalue weighted by atomic mass is 10.3. The molecule has 5 heteroatoms. The molecule has 0 heterocycles. The van der Waals surface area contributed by atoms with Crippen LogP contribution >= 0.6 is 15.9 Å². The first kappa shape index (κ1) is 9.85. The second kappa shape index (κ2) is 4.71. The molecule has 70 valence electrons. The molecule has 1 aromatic carbocycles. The summed E-state index contributed by atoms with van der Waals surface area (Å²) in [6, 6.07) is 7.31. The molecule has 0 spiro atoms. The van der Waals surface area contributed by atoms with E-state index in [1.165, 1.54) is 0 Å². The van der Waals surface area contributed by atoms with Gasteiger partial charge in [0.2, 0.25) is 0 Å². The van der Waals surface area contributed by atoms with E-state index in [1.807, 2.05) is 12.1 Å². The van der Waals surface area contributed by atoms with Crippen LogP contribution in [-0.4, -0.2) is 17.6 Å². The molecule has 1 aromatic rings. The highest BCUT2D eigenvalue weighted by Gasteiger charge is 1.96. The van der Waals surface area contributed by atoms with Crippen molar-refractivity contribution < 1.29 is 9.94 Å². The van der Waals surface area contributed by atoms with Crippen LogP contribution in [0, 0.1) is 0 Å². The minimum Gasteiger partial charge on any atom is -0.486 e. The maximum atomic E-state index is 8.24. The molecule has 13 heavy (non-hydrogen) atoms. The van der Waals surface area contributed by atoms with Crippen molar-refractivity contribution >= 4 is 21.8 Å². The molecule has 3 N–H and O–H groups in total. The average molecular weight is 245 g/mol. The number of rotatable bonds is 3. The second-order valence-corrected chi connectivity index (χ2v) is 3.25. The Morgan fingerprint density at radius 2 is 2.38 bits per heavy atom. The van der Waals surface area contributed by atoms with Crippen LogP contribution < -0.4 is 10.5 Å². The van der Waals surface area contributed by atoms with Gasteiger partial charge < -0.3 is 15.7 Å². The number of ether oxygens (including phenoxy) is 1. The first-order chi connectivity index (χ1) is 6.22. The van der Waals surface area contributed by atoms with Gasteiger partial charge in [-0.25, -0.2) is 0 Å². The zero-order chi connectivity index (χ0) is 9.68. The van der Waals surface area contributed by atoms with E-state index in [0.717, 1.165) is 4.47 Å². The number of benzene rings is 1. The fourth-order valence-corrected chi connectivity index (χ4v) is 1.12. The largest absolute Gasteiger partial charge is 0.486 e. The monoisotopic (exact) mass is 244 g/mol. The summed E-state index contributed by atoms with van der Waals surface area (Å²) in [5, 5.41) is 11.0. The molecule has 0 aliphatic rings. The van der Waals surface area contributed by atoms with Crippen LogP contribution in [0.1, 0.15) is 0 Å². The molecule has 0 saturated heterocycles. The van der Waals surface area contributed by atoms with E-state index in [4.69, 9.17) is 15.7 Å². The van der Waals surface area contributed by atoms with E-state index in [2.05, 4.69) is 21.1 Å². The number of amidine groups is 1. The van der Waals surface area contributed by atoms with Crippen molar-refractivity contribution in [2.24, 2.45) is 10.9 Å². The van der Waals surface area contributed by atoms with Gasteiger partial charge in [-0.1, -0.05) is 27.2 Å². The summed E-state index contributed by atoms with van der Waals surface area (Å²) in [4.78, 5) is 0. The molecular weight excluding hydrogens is 236 g/mol. The summed E-state index contributed by atoms with van der Waals surface area (Å²) in [6.07, 6.45) is 0. The van der Waals surface area contributed by atoms with E-state index in [9.17, 15) is 0 Å². The maximum absolute atomic E-state index is 8.24. The third-order valence-electron chi connectivity index (χ3n) is 1.31. The highest BCUT2D eigenvalue weighted by molar-refractivity contribution is 9.10. The molecule has 0 saturated carbocycles. The third kappa shape index (κ3) is 3.33. The van der Waals surface area contributed by atoms with Crippen LogP contribution in [0.15, 0.2) is 33.9 Å². The Hall–Kier alpha value is -1.23. The highest BCUT2D eigenvalue weighted by atomic mass is 79.9. The summed E-state index contributed by atoms with van der Waals surface area (Å²) in [6.45, 7) is 0.0763. The van der Waals surface area contributed by atoms with Gasteiger partial charge in [0.1, 0.15) is 12.4 Å². The first-order valence-corrected chi connectivity index (χ1v) is 4.36. The van der Waals surface area contributed by atoms with Crippen LogP contribution in [0.4, 0.5) is 0 Å². The molecule has 0 aliphatic carbocycles. The Bertz CT molecular complexity index is 315. The Morgan fingerprint density at radius 3 is 3.00 bits per heavy atom. The van der Waals surface area contributed by atoms with Gasteiger partial charge in [0.15, 0.2) is 5.84 Å². The Labute approximate surface area is 84.1 Å². The number of halogens is 1. The molecule has 1 rings (SSSR count). The predicted octanol–water partition coefficient (Wildman–Crippen LogP) is 1.57. The van der Waals surface area contributed by atoms with Gasteiger partial charge in [0.05, 0.1) is 0 Å². The Morgan fingerprint density at radius 1 is 1.62 bits per heavy atom. The van der Waals surface area contributed by atoms with Gasteiger partial charge in [-0.15, -0.1) is 0 Å². The molecule has 0 radical (unpaired) electrons. The zero-order valence-corrected chi connectivity index (χ0v) is 8.36. The van der Waals surface area contributed by atoms with Gasteiger partial charge in [-0.3, -0.25) is 0 Å².